The quantitative estimate of drug-likeness (QED) is 0.857. The van der Waals surface area contributed by atoms with Gasteiger partial charge in [-0.25, -0.2) is 4.98 Å². The van der Waals surface area contributed by atoms with Crippen LogP contribution in [-0.4, -0.2) is 34.1 Å². The molecule has 0 saturated carbocycles. The fraction of sp³-hybridized carbons (Fsp3) is 0.769. The first-order valence-corrected chi connectivity index (χ1v) is 6.60. The van der Waals surface area contributed by atoms with E-state index in [0.29, 0.717) is 6.54 Å². The second-order valence-corrected chi connectivity index (χ2v) is 5.53. The molecule has 1 saturated heterocycles. The average Bonchev–Trinajstić information content (AvgIpc) is 2.64. The number of aromatic nitrogens is 2. The van der Waals surface area contributed by atoms with E-state index in [2.05, 4.69) is 34.5 Å². The van der Waals surface area contributed by atoms with Crippen molar-refractivity contribution in [2.75, 3.05) is 19.6 Å². The summed E-state index contributed by atoms with van der Waals surface area (Å²) >= 11 is 0. The fourth-order valence-electron chi connectivity index (χ4n) is 2.91. The van der Waals surface area contributed by atoms with Crippen molar-refractivity contribution in [1.82, 2.24) is 14.5 Å². The first-order valence-electron chi connectivity index (χ1n) is 6.60. The number of hydrogen-bond donors (Lipinski definition) is 1. The molecule has 4 heteroatoms. The van der Waals surface area contributed by atoms with Gasteiger partial charge >= 0.3 is 0 Å². The molecule has 1 aliphatic rings. The van der Waals surface area contributed by atoms with Crippen LogP contribution in [0.15, 0.2) is 12.5 Å². The average molecular weight is 236 g/mol. The Balaban J connectivity index is 1.90. The zero-order chi connectivity index (χ0) is 12.3. The van der Waals surface area contributed by atoms with Crippen LogP contribution in [-0.2, 0) is 13.1 Å². The molecular weight excluding hydrogens is 212 g/mol. The maximum Gasteiger partial charge on any atom is 0.0950 e. The number of nitrogens with two attached hydrogens (primary N) is 1. The molecule has 0 aromatic carbocycles. The van der Waals surface area contributed by atoms with E-state index >= 15 is 0 Å². The van der Waals surface area contributed by atoms with Crippen LogP contribution in [0.25, 0.3) is 0 Å². The number of likely N-dealkylation sites (tertiary alicyclic amines) is 1. The van der Waals surface area contributed by atoms with Gasteiger partial charge < -0.3 is 10.3 Å². The third kappa shape index (κ3) is 3.54. The van der Waals surface area contributed by atoms with Gasteiger partial charge in [0.1, 0.15) is 0 Å². The van der Waals surface area contributed by atoms with Crippen molar-refractivity contribution >= 4 is 0 Å². The van der Waals surface area contributed by atoms with E-state index in [4.69, 9.17) is 5.73 Å². The van der Waals surface area contributed by atoms with Gasteiger partial charge in [0.15, 0.2) is 0 Å². The molecule has 2 atom stereocenters. The van der Waals surface area contributed by atoms with E-state index in [9.17, 15) is 0 Å². The van der Waals surface area contributed by atoms with Gasteiger partial charge in [-0.3, -0.25) is 4.90 Å². The molecule has 2 heterocycles. The van der Waals surface area contributed by atoms with Crippen molar-refractivity contribution in [3.05, 3.63) is 18.2 Å². The molecule has 17 heavy (non-hydrogen) atoms. The first kappa shape index (κ1) is 12.6. The summed E-state index contributed by atoms with van der Waals surface area (Å²) in [5.41, 5.74) is 6.70. The summed E-state index contributed by atoms with van der Waals surface area (Å²) in [6.07, 6.45) is 5.37. The van der Waals surface area contributed by atoms with Crippen LogP contribution in [0.4, 0.5) is 0 Å². The van der Waals surface area contributed by atoms with Crippen LogP contribution < -0.4 is 5.73 Å². The fourth-order valence-corrected chi connectivity index (χ4v) is 2.91. The lowest BCUT2D eigenvalue weighted by molar-refractivity contribution is 0.133. The molecule has 1 aromatic heterocycles. The topological polar surface area (TPSA) is 47.1 Å². The van der Waals surface area contributed by atoms with Crippen LogP contribution in [0, 0.1) is 11.8 Å². The number of piperidine rings is 1. The van der Waals surface area contributed by atoms with Gasteiger partial charge in [-0.1, -0.05) is 13.8 Å². The number of rotatable bonds is 4. The highest BCUT2D eigenvalue weighted by molar-refractivity contribution is 4.97. The molecule has 1 fully saturated rings. The summed E-state index contributed by atoms with van der Waals surface area (Å²) in [6.45, 7) is 9.60. The Morgan fingerprint density at radius 1 is 1.35 bits per heavy atom. The summed E-state index contributed by atoms with van der Waals surface area (Å²) < 4.78 is 2.08. The molecule has 2 N–H and O–H groups in total. The molecule has 0 radical (unpaired) electrons. The zero-order valence-electron chi connectivity index (χ0n) is 11.0. The summed E-state index contributed by atoms with van der Waals surface area (Å²) in [6, 6.07) is 0. The SMILES string of the molecule is CC1CC(C)CN(Cc2cn(CCN)cn2)C1. The van der Waals surface area contributed by atoms with Crippen LogP contribution in [0.5, 0.6) is 0 Å². The third-order valence-electron chi connectivity index (χ3n) is 3.40. The Labute approximate surface area is 104 Å². The lowest BCUT2D eigenvalue weighted by Crippen LogP contribution is -2.38. The molecule has 96 valence electrons. The highest BCUT2D eigenvalue weighted by Gasteiger charge is 2.22. The zero-order valence-corrected chi connectivity index (χ0v) is 11.0. The smallest absolute Gasteiger partial charge is 0.0950 e. The lowest BCUT2D eigenvalue weighted by atomic mass is 9.92. The molecule has 0 aliphatic carbocycles. The van der Waals surface area contributed by atoms with Gasteiger partial charge in [0.2, 0.25) is 0 Å². The highest BCUT2D eigenvalue weighted by Crippen LogP contribution is 2.21. The molecule has 2 rings (SSSR count). The maximum atomic E-state index is 5.53. The lowest BCUT2D eigenvalue weighted by Gasteiger charge is -2.34. The summed E-state index contributed by atoms with van der Waals surface area (Å²) in [7, 11) is 0. The van der Waals surface area contributed by atoms with Gasteiger partial charge in [0.05, 0.1) is 12.0 Å². The summed E-state index contributed by atoms with van der Waals surface area (Å²) in [4.78, 5) is 6.97. The van der Waals surface area contributed by atoms with Crippen LogP contribution in [0.2, 0.25) is 0 Å². The van der Waals surface area contributed by atoms with E-state index < -0.39 is 0 Å². The molecule has 4 nitrogen and oxygen atoms in total. The van der Waals surface area contributed by atoms with Crippen LogP contribution >= 0.6 is 0 Å². The Hall–Kier alpha value is -0.870. The van der Waals surface area contributed by atoms with Crippen molar-refractivity contribution in [2.45, 2.75) is 33.4 Å². The Morgan fingerprint density at radius 2 is 2.06 bits per heavy atom. The van der Waals surface area contributed by atoms with Crippen molar-refractivity contribution < 1.29 is 0 Å². The Bertz CT molecular complexity index is 337. The van der Waals surface area contributed by atoms with E-state index in [1.807, 2.05) is 6.33 Å². The minimum atomic E-state index is 0.674. The van der Waals surface area contributed by atoms with E-state index in [0.717, 1.165) is 24.9 Å². The Kier molecular flexibility index (Phi) is 4.18. The molecule has 1 aliphatic heterocycles. The normalized spacial score (nSPS) is 26.3. The summed E-state index contributed by atoms with van der Waals surface area (Å²) in [5.74, 6) is 1.62. The first-order chi connectivity index (χ1) is 8.17. The third-order valence-corrected chi connectivity index (χ3v) is 3.40. The van der Waals surface area contributed by atoms with Crippen LogP contribution in [0.3, 0.4) is 0 Å². The van der Waals surface area contributed by atoms with Crippen molar-refractivity contribution in [3.8, 4) is 0 Å². The largest absolute Gasteiger partial charge is 0.336 e. The second-order valence-electron chi connectivity index (χ2n) is 5.53. The highest BCUT2D eigenvalue weighted by atomic mass is 15.2. The molecule has 0 amide bonds. The standard InChI is InChI=1S/C13H24N4/c1-11-5-12(2)7-17(6-11)9-13-8-16(4-3-14)10-15-13/h8,10-12H,3-7,9,14H2,1-2H3. The molecule has 1 aromatic rings. The molecule has 0 spiro atoms. The van der Waals surface area contributed by atoms with Gasteiger partial charge in [-0.15, -0.1) is 0 Å². The predicted octanol–water partition coefficient (Wildman–Crippen LogP) is 1.32. The van der Waals surface area contributed by atoms with Crippen molar-refractivity contribution in [3.63, 3.8) is 0 Å². The monoisotopic (exact) mass is 236 g/mol. The minimum Gasteiger partial charge on any atom is -0.336 e. The number of imidazole rings is 1. The van der Waals surface area contributed by atoms with Gasteiger partial charge in [-0.2, -0.15) is 0 Å². The van der Waals surface area contributed by atoms with E-state index in [-0.39, 0.29) is 0 Å². The van der Waals surface area contributed by atoms with Gasteiger partial charge in [0, 0.05) is 38.9 Å². The van der Waals surface area contributed by atoms with Gasteiger partial charge in [0.25, 0.3) is 0 Å². The van der Waals surface area contributed by atoms with E-state index in [1.54, 1.807) is 0 Å². The minimum absolute atomic E-state index is 0.674. The van der Waals surface area contributed by atoms with Crippen molar-refractivity contribution in [1.29, 1.82) is 0 Å². The van der Waals surface area contributed by atoms with Crippen molar-refractivity contribution in [2.24, 2.45) is 17.6 Å². The predicted molar refractivity (Wildman–Crippen MR) is 69.5 cm³/mol. The number of hydrogen-bond acceptors (Lipinski definition) is 3. The van der Waals surface area contributed by atoms with Crippen LogP contribution in [0.1, 0.15) is 26.0 Å². The summed E-state index contributed by atoms with van der Waals surface area (Å²) in [5, 5.41) is 0. The molecule has 2 unspecified atom stereocenters. The Morgan fingerprint density at radius 3 is 2.71 bits per heavy atom. The molecular formula is C13H24N4. The number of nitrogens with zero attached hydrogens (tertiary/aromatic N) is 3. The molecule has 0 bridgehead atoms. The second kappa shape index (κ2) is 5.65. The van der Waals surface area contributed by atoms with Gasteiger partial charge in [-0.05, 0) is 18.3 Å². The maximum absolute atomic E-state index is 5.53. The van der Waals surface area contributed by atoms with E-state index in [1.165, 1.54) is 25.2 Å².